The summed E-state index contributed by atoms with van der Waals surface area (Å²) in [7, 11) is 4.86. The van der Waals surface area contributed by atoms with Gasteiger partial charge in [-0.2, -0.15) is 0 Å². The van der Waals surface area contributed by atoms with Gasteiger partial charge in [0.2, 0.25) is 0 Å². The van der Waals surface area contributed by atoms with Gasteiger partial charge >= 0.3 is 0 Å². The van der Waals surface area contributed by atoms with Crippen LogP contribution in [0, 0.1) is 0 Å². The van der Waals surface area contributed by atoms with Gasteiger partial charge in [0.15, 0.2) is 17.3 Å². The monoisotopic (exact) mass is 395 g/mol. The van der Waals surface area contributed by atoms with Crippen molar-refractivity contribution in [2.45, 2.75) is 25.8 Å². The number of ketones is 1. The molecule has 3 rings (SSSR count). The van der Waals surface area contributed by atoms with E-state index in [0.717, 1.165) is 36.5 Å². The average Bonchev–Trinajstić information content (AvgIpc) is 2.77. The van der Waals surface area contributed by atoms with Crippen molar-refractivity contribution in [3.05, 3.63) is 59.2 Å². The molecule has 1 fully saturated rings. The minimum atomic E-state index is -0.0579. The topological polar surface area (TPSA) is 48.0 Å². The van der Waals surface area contributed by atoms with Gasteiger partial charge in [0, 0.05) is 23.2 Å². The number of carbonyl (C=O) groups is 1. The predicted octanol–water partition coefficient (Wildman–Crippen LogP) is 4.59. The molecule has 2 aromatic carbocycles. The highest BCUT2D eigenvalue weighted by atomic mass is 16.5. The van der Waals surface area contributed by atoms with Crippen LogP contribution in [0.15, 0.2) is 42.5 Å². The minimum absolute atomic E-state index is 0.0579. The van der Waals surface area contributed by atoms with Crippen LogP contribution in [0.2, 0.25) is 0 Å². The van der Waals surface area contributed by atoms with Gasteiger partial charge in [-0.15, -0.1) is 0 Å². The molecule has 0 N–H and O–H groups in total. The Labute approximate surface area is 172 Å². The third-order valence-electron chi connectivity index (χ3n) is 5.26. The van der Waals surface area contributed by atoms with Gasteiger partial charge in [-0.3, -0.25) is 9.69 Å². The molecule has 1 saturated heterocycles. The lowest BCUT2D eigenvalue weighted by molar-refractivity contribution is 0.104. The van der Waals surface area contributed by atoms with E-state index < -0.39 is 0 Å². The zero-order valence-corrected chi connectivity index (χ0v) is 17.4. The maximum atomic E-state index is 12.8. The molecular weight excluding hydrogens is 366 g/mol. The molecule has 0 unspecified atom stereocenters. The normalized spacial score (nSPS) is 14.7. The molecule has 0 amide bonds. The van der Waals surface area contributed by atoms with E-state index in [1.807, 2.05) is 36.4 Å². The van der Waals surface area contributed by atoms with E-state index in [0.29, 0.717) is 17.1 Å². The number of rotatable bonds is 8. The first-order valence-electron chi connectivity index (χ1n) is 9.99. The summed E-state index contributed by atoms with van der Waals surface area (Å²) >= 11 is 0. The molecule has 5 nitrogen and oxygen atoms in total. The second kappa shape index (κ2) is 10.1. The number of likely N-dealkylation sites (tertiary alicyclic amines) is 1. The van der Waals surface area contributed by atoms with Crippen molar-refractivity contribution in [3.63, 3.8) is 0 Å². The SMILES string of the molecule is COc1ccc(C(=O)/C=C/c2cccc(OC)c2OC)cc1CN1CCCCC1. The molecule has 154 valence electrons. The van der Waals surface area contributed by atoms with E-state index >= 15 is 0 Å². The van der Waals surface area contributed by atoms with E-state index in [9.17, 15) is 4.79 Å². The second-order valence-corrected chi connectivity index (χ2v) is 7.14. The minimum Gasteiger partial charge on any atom is -0.496 e. The third kappa shape index (κ3) is 5.18. The Hall–Kier alpha value is -2.79. The number of benzene rings is 2. The Bertz CT molecular complexity index is 869. The Morgan fingerprint density at radius 3 is 2.41 bits per heavy atom. The second-order valence-electron chi connectivity index (χ2n) is 7.14. The predicted molar refractivity (Wildman–Crippen MR) is 115 cm³/mol. The largest absolute Gasteiger partial charge is 0.496 e. The van der Waals surface area contributed by atoms with Crippen molar-refractivity contribution in [2.75, 3.05) is 34.4 Å². The lowest BCUT2D eigenvalue weighted by Gasteiger charge is -2.27. The number of para-hydroxylation sites is 1. The van der Waals surface area contributed by atoms with Gasteiger partial charge < -0.3 is 14.2 Å². The van der Waals surface area contributed by atoms with Crippen LogP contribution in [0.25, 0.3) is 6.08 Å². The molecule has 0 aliphatic carbocycles. The van der Waals surface area contributed by atoms with Crippen molar-refractivity contribution < 1.29 is 19.0 Å². The molecule has 0 saturated carbocycles. The van der Waals surface area contributed by atoms with Crippen LogP contribution in [0.3, 0.4) is 0 Å². The lowest BCUT2D eigenvalue weighted by Crippen LogP contribution is -2.29. The lowest BCUT2D eigenvalue weighted by atomic mass is 10.0. The van der Waals surface area contributed by atoms with Crippen LogP contribution in [0.1, 0.15) is 40.7 Å². The highest BCUT2D eigenvalue weighted by molar-refractivity contribution is 6.07. The molecule has 0 atom stereocenters. The zero-order chi connectivity index (χ0) is 20.6. The van der Waals surface area contributed by atoms with Crippen LogP contribution in [0.4, 0.5) is 0 Å². The Kier molecular flexibility index (Phi) is 7.30. The molecule has 1 heterocycles. The Morgan fingerprint density at radius 2 is 1.72 bits per heavy atom. The van der Waals surface area contributed by atoms with E-state index in [1.165, 1.54) is 19.3 Å². The molecular formula is C24H29NO4. The first kappa shape index (κ1) is 20.9. The first-order valence-corrected chi connectivity index (χ1v) is 9.99. The molecule has 0 spiro atoms. The standard InChI is InChI=1S/C24H29NO4/c1-27-22-13-11-19(16-20(22)17-25-14-5-4-6-15-25)21(26)12-10-18-8-7-9-23(28-2)24(18)29-3/h7-13,16H,4-6,14-15,17H2,1-3H3/b12-10+. The van der Waals surface area contributed by atoms with E-state index in [4.69, 9.17) is 14.2 Å². The molecule has 5 heteroatoms. The highest BCUT2D eigenvalue weighted by Crippen LogP contribution is 2.31. The van der Waals surface area contributed by atoms with Crippen molar-refractivity contribution >= 4 is 11.9 Å². The number of hydrogen-bond donors (Lipinski definition) is 0. The first-order chi connectivity index (χ1) is 14.2. The smallest absolute Gasteiger partial charge is 0.185 e. The molecule has 29 heavy (non-hydrogen) atoms. The third-order valence-corrected chi connectivity index (χ3v) is 5.26. The number of hydrogen-bond acceptors (Lipinski definition) is 5. The number of methoxy groups -OCH3 is 3. The fourth-order valence-corrected chi connectivity index (χ4v) is 3.72. The Morgan fingerprint density at radius 1 is 0.966 bits per heavy atom. The maximum Gasteiger partial charge on any atom is 0.185 e. The average molecular weight is 395 g/mol. The zero-order valence-electron chi connectivity index (χ0n) is 17.4. The summed E-state index contributed by atoms with van der Waals surface area (Å²) in [6.07, 6.45) is 7.09. The molecule has 1 aliphatic rings. The van der Waals surface area contributed by atoms with E-state index in [-0.39, 0.29) is 5.78 Å². The summed E-state index contributed by atoms with van der Waals surface area (Å²) in [6.45, 7) is 2.99. The molecule has 0 bridgehead atoms. The number of piperidine rings is 1. The number of nitrogens with zero attached hydrogens (tertiary/aromatic N) is 1. The summed E-state index contributed by atoms with van der Waals surface area (Å²) in [5, 5.41) is 0. The molecule has 0 radical (unpaired) electrons. The molecule has 1 aliphatic heterocycles. The fraction of sp³-hybridized carbons (Fsp3) is 0.375. The van der Waals surface area contributed by atoms with Crippen LogP contribution in [-0.2, 0) is 6.54 Å². The summed E-state index contributed by atoms with van der Waals surface area (Å²) in [6, 6.07) is 11.2. The molecule has 2 aromatic rings. The quantitative estimate of drug-likeness (QED) is 0.483. The number of carbonyl (C=O) groups excluding carboxylic acids is 1. The van der Waals surface area contributed by atoms with Crippen molar-refractivity contribution in [3.8, 4) is 17.2 Å². The van der Waals surface area contributed by atoms with Gasteiger partial charge in [-0.1, -0.05) is 18.6 Å². The van der Waals surface area contributed by atoms with Crippen LogP contribution in [-0.4, -0.2) is 45.1 Å². The Balaban J connectivity index is 1.80. The van der Waals surface area contributed by atoms with E-state index in [2.05, 4.69) is 4.90 Å². The van der Waals surface area contributed by atoms with Crippen molar-refractivity contribution in [1.29, 1.82) is 0 Å². The van der Waals surface area contributed by atoms with E-state index in [1.54, 1.807) is 33.5 Å². The van der Waals surface area contributed by atoms with Gasteiger partial charge in [-0.25, -0.2) is 0 Å². The van der Waals surface area contributed by atoms with Crippen molar-refractivity contribution in [1.82, 2.24) is 4.90 Å². The number of ether oxygens (including phenoxy) is 3. The molecule has 0 aromatic heterocycles. The van der Waals surface area contributed by atoms with Crippen LogP contribution >= 0.6 is 0 Å². The summed E-state index contributed by atoms with van der Waals surface area (Å²) in [5.74, 6) is 2.01. The fourth-order valence-electron chi connectivity index (χ4n) is 3.72. The highest BCUT2D eigenvalue weighted by Gasteiger charge is 2.15. The van der Waals surface area contributed by atoms with Gasteiger partial charge in [0.25, 0.3) is 0 Å². The number of allylic oxidation sites excluding steroid dienone is 1. The summed E-state index contributed by atoms with van der Waals surface area (Å²) in [5.41, 5.74) is 2.49. The van der Waals surface area contributed by atoms with Crippen LogP contribution < -0.4 is 14.2 Å². The summed E-state index contributed by atoms with van der Waals surface area (Å²) < 4.78 is 16.3. The summed E-state index contributed by atoms with van der Waals surface area (Å²) in [4.78, 5) is 15.2. The van der Waals surface area contributed by atoms with Crippen molar-refractivity contribution in [2.24, 2.45) is 0 Å². The van der Waals surface area contributed by atoms with Gasteiger partial charge in [0.1, 0.15) is 5.75 Å². The van der Waals surface area contributed by atoms with Gasteiger partial charge in [-0.05, 0) is 62.3 Å². The van der Waals surface area contributed by atoms with Crippen LogP contribution in [0.5, 0.6) is 17.2 Å². The van der Waals surface area contributed by atoms with Gasteiger partial charge in [0.05, 0.1) is 21.3 Å². The maximum absolute atomic E-state index is 12.8.